The minimum absolute atomic E-state index is 0.0717. The lowest BCUT2D eigenvalue weighted by Gasteiger charge is -2.07. The Hall–Kier alpha value is -2.64. The molecule has 0 bridgehead atoms. The highest BCUT2D eigenvalue weighted by atomic mass is 35.5. The summed E-state index contributed by atoms with van der Waals surface area (Å²) in [5, 5.41) is 12.4. The number of thioether (sulfide) groups is 1. The van der Waals surface area contributed by atoms with Gasteiger partial charge >= 0.3 is 0 Å². The lowest BCUT2D eigenvalue weighted by atomic mass is 10.2. The third-order valence-electron chi connectivity index (χ3n) is 3.85. The van der Waals surface area contributed by atoms with Crippen LogP contribution in [0.4, 0.5) is 0 Å². The number of fused-ring (bicyclic) bond motifs is 3. The van der Waals surface area contributed by atoms with Crippen molar-refractivity contribution in [2.24, 2.45) is 0 Å². The van der Waals surface area contributed by atoms with Crippen LogP contribution in [0.5, 0.6) is 0 Å². The predicted molar refractivity (Wildman–Crippen MR) is 102 cm³/mol. The molecule has 0 unspecified atom stereocenters. The summed E-state index contributed by atoms with van der Waals surface area (Å²) in [5.41, 5.74) is 3.42. The van der Waals surface area contributed by atoms with E-state index in [0.29, 0.717) is 22.2 Å². The van der Waals surface area contributed by atoms with Gasteiger partial charge in [0.25, 0.3) is 0 Å². The average molecular weight is 384 g/mol. The van der Waals surface area contributed by atoms with Crippen molar-refractivity contribution in [3.05, 3.63) is 65.4 Å². The number of aromatic nitrogens is 4. The summed E-state index contributed by atoms with van der Waals surface area (Å²) in [6.45, 7) is 0.460. The molecule has 0 saturated carbocycles. The molecule has 0 radical (unpaired) electrons. The standard InChI is InChI=1S/C18H14ClN5OS/c19-13-7-5-12(6-8-13)9-20-16(25)10-26-18-17-23-21-11-24(17)15-4-2-1-3-14(15)22-18/h1-8,11H,9-10H2,(H,20,25). The molecule has 0 aliphatic heterocycles. The molecule has 1 amide bonds. The first-order valence-electron chi connectivity index (χ1n) is 7.93. The molecular formula is C18H14ClN5OS. The van der Waals surface area contributed by atoms with Gasteiger partial charge < -0.3 is 5.32 Å². The Morgan fingerprint density at radius 2 is 1.96 bits per heavy atom. The van der Waals surface area contributed by atoms with E-state index in [0.717, 1.165) is 16.6 Å². The molecule has 2 aromatic carbocycles. The maximum Gasteiger partial charge on any atom is 0.230 e. The average Bonchev–Trinajstić information content (AvgIpc) is 3.16. The zero-order valence-corrected chi connectivity index (χ0v) is 15.2. The second-order valence-corrected chi connectivity index (χ2v) is 7.02. The van der Waals surface area contributed by atoms with E-state index in [1.165, 1.54) is 11.8 Å². The molecule has 26 heavy (non-hydrogen) atoms. The Kier molecular flexibility index (Phi) is 4.73. The molecule has 0 spiro atoms. The summed E-state index contributed by atoms with van der Waals surface area (Å²) >= 11 is 7.21. The number of rotatable bonds is 5. The molecule has 0 aliphatic carbocycles. The monoisotopic (exact) mass is 383 g/mol. The number of hydrogen-bond acceptors (Lipinski definition) is 5. The highest BCUT2D eigenvalue weighted by Gasteiger charge is 2.12. The summed E-state index contributed by atoms with van der Waals surface area (Å²) in [7, 11) is 0. The van der Waals surface area contributed by atoms with Crippen LogP contribution >= 0.6 is 23.4 Å². The molecule has 6 nitrogen and oxygen atoms in total. The molecule has 0 aliphatic rings. The normalized spacial score (nSPS) is 11.1. The maximum atomic E-state index is 12.2. The second kappa shape index (κ2) is 7.31. The second-order valence-electron chi connectivity index (χ2n) is 5.62. The van der Waals surface area contributed by atoms with Crippen LogP contribution in [-0.2, 0) is 11.3 Å². The third kappa shape index (κ3) is 3.49. The highest BCUT2D eigenvalue weighted by molar-refractivity contribution is 8.00. The summed E-state index contributed by atoms with van der Waals surface area (Å²) in [6, 6.07) is 15.2. The zero-order valence-electron chi connectivity index (χ0n) is 13.6. The van der Waals surface area contributed by atoms with Crippen molar-refractivity contribution in [3.8, 4) is 0 Å². The molecule has 2 aromatic heterocycles. The third-order valence-corrected chi connectivity index (χ3v) is 5.05. The number of halogens is 1. The molecule has 1 N–H and O–H groups in total. The van der Waals surface area contributed by atoms with Gasteiger partial charge in [0.15, 0.2) is 5.65 Å². The van der Waals surface area contributed by atoms with E-state index in [2.05, 4.69) is 20.5 Å². The van der Waals surface area contributed by atoms with Gasteiger partial charge in [-0.25, -0.2) is 4.98 Å². The van der Waals surface area contributed by atoms with E-state index in [4.69, 9.17) is 11.6 Å². The van der Waals surface area contributed by atoms with Crippen molar-refractivity contribution < 1.29 is 4.79 Å². The predicted octanol–water partition coefficient (Wildman–Crippen LogP) is 3.34. The first-order chi connectivity index (χ1) is 12.7. The molecule has 2 heterocycles. The lowest BCUT2D eigenvalue weighted by molar-refractivity contribution is -0.118. The topological polar surface area (TPSA) is 72.2 Å². The summed E-state index contributed by atoms with van der Waals surface area (Å²) in [4.78, 5) is 16.8. The molecule has 130 valence electrons. The molecular weight excluding hydrogens is 370 g/mol. The Bertz CT molecular complexity index is 1080. The molecule has 8 heteroatoms. The van der Waals surface area contributed by atoms with Crippen LogP contribution in [0, 0.1) is 0 Å². The Morgan fingerprint density at radius 1 is 1.15 bits per heavy atom. The van der Waals surface area contributed by atoms with Crippen LogP contribution in [0.2, 0.25) is 5.02 Å². The number of nitrogens with one attached hydrogen (secondary N) is 1. The van der Waals surface area contributed by atoms with Gasteiger partial charge in [-0.05, 0) is 29.8 Å². The number of para-hydroxylation sites is 2. The van der Waals surface area contributed by atoms with Gasteiger partial charge in [-0.3, -0.25) is 9.20 Å². The largest absolute Gasteiger partial charge is 0.351 e. The lowest BCUT2D eigenvalue weighted by Crippen LogP contribution is -2.24. The van der Waals surface area contributed by atoms with Crippen LogP contribution in [0.3, 0.4) is 0 Å². The van der Waals surface area contributed by atoms with Crippen LogP contribution in [0.1, 0.15) is 5.56 Å². The number of benzene rings is 2. The van der Waals surface area contributed by atoms with Crippen LogP contribution in [-0.4, -0.2) is 31.2 Å². The van der Waals surface area contributed by atoms with Crippen LogP contribution in [0.25, 0.3) is 16.7 Å². The Morgan fingerprint density at radius 3 is 2.81 bits per heavy atom. The van der Waals surface area contributed by atoms with Crippen molar-refractivity contribution in [3.63, 3.8) is 0 Å². The number of nitrogens with zero attached hydrogens (tertiary/aromatic N) is 4. The fraction of sp³-hybridized carbons (Fsp3) is 0.111. The van der Waals surface area contributed by atoms with Gasteiger partial charge in [0, 0.05) is 11.6 Å². The quantitative estimate of drug-likeness (QED) is 0.535. The van der Waals surface area contributed by atoms with Crippen LogP contribution in [0.15, 0.2) is 59.9 Å². The molecule has 4 rings (SSSR count). The number of hydrogen-bond donors (Lipinski definition) is 1. The van der Waals surface area contributed by atoms with E-state index in [9.17, 15) is 4.79 Å². The number of carbonyl (C=O) groups is 1. The van der Waals surface area contributed by atoms with Gasteiger partial charge in [-0.15, -0.1) is 10.2 Å². The van der Waals surface area contributed by atoms with Crippen molar-refractivity contribution in [2.75, 3.05) is 5.75 Å². The minimum atomic E-state index is -0.0717. The zero-order chi connectivity index (χ0) is 17.9. The van der Waals surface area contributed by atoms with Crippen molar-refractivity contribution in [1.82, 2.24) is 24.9 Å². The Labute approximate surface area is 158 Å². The minimum Gasteiger partial charge on any atom is -0.351 e. The molecule has 0 saturated heterocycles. The van der Waals surface area contributed by atoms with Gasteiger partial charge in [-0.2, -0.15) is 0 Å². The van der Waals surface area contributed by atoms with E-state index < -0.39 is 0 Å². The van der Waals surface area contributed by atoms with Gasteiger partial charge in [0.05, 0.1) is 16.8 Å². The first kappa shape index (κ1) is 16.8. The van der Waals surface area contributed by atoms with Gasteiger partial charge in [0.1, 0.15) is 11.4 Å². The molecule has 0 fully saturated rings. The van der Waals surface area contributed by atoms with E-state index in [1.807, 2.05) is 40.8 Å². The fourth-order valence-electron chi connectivity index (χ4n) is 2.56. The summed E-state index contributed by atoms with van der Waals surface area (Å²) < 4.78 is 1.89. The van der Waals surface area contributed by atoms with Gasteiger partial charge in [-0.1, -0.05) is 47.6 Å². The maximum absolute atomic E-state index is 12.2. The fourth-order valence-corrected chi connectivity index (χ4v) is 3.49. The van der Waals surface area contributed by atoms with E-state index >= 15 is 0 Å². The smallest absolute Gasteiger partial charge is 0.230 e. The summed E-state index contributed by atoms with van der Waals surface area (Å²) in [6.07, 6.45) is 1.66. The van der Waals surface area contributed by atoms with Gasteiger partial charge in [0.2, 0.25) is 5.91 Å². The SMILES string of the molecule is O=C(CSc1nc2ccccc2n2cnnc12)NCc1ccc(Cl)cc1. The summed E-state index contributed by atoms with van der Waals surface area (Å²) in [5.74, 6) is 0.180. The highest BCUT2D eigenvalue weighted by Crippen LogP contribution is 2.24. The molecule has 0 atom stereocenters. The first-order valence-corrected chi connectivity index (χ1v) is 9.29. The Balaban J connectivity index is 1.46. The molecule has 4 aromatic rings. The van der Waals surface area contributed by atoms with E-state index in [-0.39, 0.29) is 11.7 Å². The van der Waals surface area contributed by atoms with Crippen molar-refractivity contribution >= 4 is 46.0 Å². The van der Waals surface area contributed by atoms with Crippen LogP contribution < -0.4 is 5.32 Å². The van der Waals surface area contributed by atoms with Crippen molar-refractivity contribution in [1.29, 1.82) is 0 Å². The number of amides is 1. The van der Waals surface area contributed by atoms with E-state index in [1.54, 1.807) is 18.5 Å². The van der Waals surface area contributed by atoms with Crippen molar-refractivity contribution in [2.45, 2.75) is 11.6 Å². The number of carbonyl (C=O) groups excluding carboxylic acids is 1.